The lowest BCUT2D eigenvalue weighted by atomic mass is 10.0. The van der Waals surface area contributed by atoms with Gasteiger partial charge in [-0.05, 0) is 30.2 Å². The van der Waals surface area contributed by atoms with E-state index in [1.807, 2.05) is 30.3 Å². The van der Waals surface area contributed by atoms with Gasteiger partial charge in [0.25, 0.3) is 0 Å². The molecule has 3 rings (SSSR count). The molecule has 1 atom stereocenters. The molecule has 8 nitrogen and oxygen atoms in total. The smallest absolute Gasteiger partial charge is 0.242 e. The normalized spacial score (nSPS) is 11.9. The molecular weight excluding hydrogens is 521 g/mol. The molecule has 0 saturated heterocycles. The fraction of sp³-hybridized carbons (Fsp3) is 0.310. The number of ether oxygens (including phenoxy) is 1. The van der Waals surface area contributed by atoms with Gasteiger partial charge in [0.15, 0.2) is 0 Å². The van der Waals surface area contributed by atoms with Crippen molar-refractivity contribution in [2.75, 3.05) is 31.3 Å². The summed E-state index contributed by atoms with van der Waals surface area (Å²) in [4.78, 5) is 28.0. The summed E-state index contributed by atoms with van der Waals surface area (Å²) in [6.45, 7) is -0.0727. The molecule has 0 spiro atoms. The van der Waals surface area contributed by atoms with Crippen molar-refractivity contribution < 1.29 is 27.1 Å². The molecule has 2 amide bonds. The van der Waals surface area contributed by atoms with E-state index in [0.717, 1.165) is 11.8 Å². The Kier molecular flexibility index (Phi) is 10.4. The molecule has 0 bridgehead atoms. The number of amides is 2. The van der Waals surface area contributed by atoms with Crippen molar-refractivity contribution in [3.63, 3.8) is 0 Å². The van der Waals surface area contributed by atoms with Crippen molar-refractivity contribution >= 4 is 27.5 Å². The van der Waals surface area contributed by atoms with Crippen molar-refractivity contribution in [2.45, 2.75) is 31.8 Å². The molecule has 0 saturated carbocycles. The molecular formula is C29H34FN3O5S. The van der Waals surface area contributed by atoms with Gasteiger partial charge in [0.1, 0.15) is 17.6 Å². The summed E-state index contributed by atoms with van der Waals surface area (Å²) >= 11 is 0. The van der Waals surface area contributed by atoms with E-state index in [2.05, 4.69) is 5.32 Å². The third kappa shape index (κ3) is 8.28. The maximum absolute atomic E-state index is 14.6. The number of nitrogens with one attached hydrogen (secondary N) is 1. The highest BCUT2D eigenvalue weighted by Crippen LogP contribution is 2.24. The highest BCUT2D eigenvalue weighted by atomic mass is 32.2. The topological polar surface area (TPSA) is 96.0 Å². The van der Waals surface area contributed by atoms with Crippen molar-refractivity contribution in [2.24, 2.45) is 0 Å². The Hall–Kier alpha value is -3.92. The van der Waals surface area contributed by atoms with Gasteiger partial charge in [-0.15, -0.1) is 0 Å². The molecule has 1 N–H and O–H groups in total. The molecule has 10 heteroatoms. The molecule has 0 aliphatic heterocycles. The number of carbonyl (C=O) groups excluding carboxylic acids is 2. The quantitative estimate of drug-likeness (QED) is 0.347. The van der Waals surface area contributed by atoms with Crippen molar-refractivity contribution in [1.82, 2.24) is 10.2 Å². The summed E-state index contributed by atoms with van der Waals surface area (Å²) in [5.74, 6) is -0.742. The Morgan fingerprint density at radius 1 is 1.00 bits per heavy atom. The van der Waals surface area contributed by atoms with E-state index in [1.54, 1.807) is 42.5 Å². The van der Waals surface area contributed by atoms with Gasteiger partial charge in [-0.25, -0.2) is 12.8 Å². The Bertz CT molecular complexity index is 1370. The number of methoxy groups -OCH3 is 1. The largest absolute Gasteiger partial charge is 0.497 e. The van der Waals surface area contributed by atoms with Crippen LogP contribution in [0.5, 0.6) is 5.75 Å². The van der Waals surface area contributed by atoms with Gasteiger partial charge in [0, 0.05) is 44.6 Å². The number of sulfonamides is 1. The zero-order valence-electron chi connectivity index (χ0n) is 22.3. The second-order valence-corrected chi connectivity index (χ2v) is 11.0. The maximum atomic E-state index is 14.6. The number of anilines is 1. The molecule has 3 aromatic carbocycles. The first kappa shape index (κ1) is 29.6. The first-order chi connectivity index (χ1) is 18.6. The highest BCUT2D eigenvalue weighted by molar-refractivity contribution is 7.92. The molecule has 0 fully saturated rings. The van der Waals surface area contributed by atoms with Crippen LogP contribution < -0.4 is 14.4 Å². The van der Waals surface area contributed by atoms with Gasteiger partial charge in [0.05, 0.1) is 19.1 Å². The summed E-state index contributed by atoms with van der Waals surface area (Å²) < 4.78 is 46.1. The number of hydrogen-bond acceptors (Lipinski definition) is 5. The zero-order chi connectivity index (χ0) is 28.4. The molecule has 1 unspecified atom stereocenters. The summed E-state index contributed by atoms with van der Waals surface area (Å²) in [5.41, 5.74) is 1.54. The molecule has 0 aliphatic carbocycles. The molecule has 0 aliphatic rings. The van der Waals surface area contributed by atoms with E-state index in [-0.39, 0.29) is 49.7 Å². The summed E-state index contributed by atoms with van der Waals surface area (Å²) in [6.07, 6.45) is 1.47. The lowest BCUT2D eigenvalue weighted by Gasteiger charge is -2.31. The molecule has 0 radical (unpaired) electrons. The van der Waals surface area contributed by atoms with Crippen LogP contribution in [0.25, 0.3) is 0 Å². The maximum Gasteiger partial charge on any atom is 0.242 e. The van der Waals surface area contributed by atoms with Crippen LogP contribution in [0.3, 0.4) is 0 Å². The fourth-order valence-electron chi connectivity index (χ4n) is 4.30. The Labute approximate surface area is 229 Å². The number of hydrogen-bond donors (Lipinski definition) is 1. The molecule has 0 heterocycles. The third-order valence-corrected chi connectivity index (χ3v) is 7.50. The molecule has 39 heavy (non-hydrogen) atoms. The summed E-state index contributed by atoms with van der Waals surface area (Å²) in [6, 6.07) is 21.1. The standard InChI is InChI=1S/C29H34FN3O5S/c1-31-29(35)27(19-22-11-5-4-6-12-22)32(21-23-13-7-8-16-26(23)30)28(34)17-10-18-33(39(3,36)37)24-14-9-15-25(20-24)38-2/h4-9,11-16,20,27H,10,17-19,21H2,1-3H3,(H,31,35). The van der Waals surface area contributed by atoms with E-state index in [0.29, 0.717) is 11.4 Å². The molecule has 208 valence electrons. The monoisotopic (exact) mass is 555 g/mol. The van der Waals surface area contributed by atoms with Crippen LogP contribution in [0, 0.1) is 5.82 Å². The second-order valence-electron chi connectivity index (χ2n) is 9.07. The predicted molar refractivity (Wildman–Crippen MR) is 149 cm³/mol. The number of halogens is 1. The van der Waals surface area contributed by atoms with Gasteiger partial charge in [-0.2, -0.15) is 0 Å². The average Bonchev–Trinajstić information content (AvgIpc) is 2.93. The van der Waals surface area contributed by atoms with Gasteiger partial charge in [0.2, 0.25) is 21.8 Å². The summed E-state index contributed by atoms with van der Waals surface area (Å²) in [7, 11) is -0.669. The van der Waals surface area contributed by atoms with E-state index >= 15 is 0 Å². The minimum atomic E-state index is -3.65. The number of likely N-dealkylation sites (N-methyl/N-ethyl adjacent to an activating group) is 1. The van der Waals surface area contributed by atoms with Gasteiger partial charge in [-0.1, -0.05) is 54.6 Å². The lowest BCUT2D eigenvalue weighted by Crippen LogP contribution is -2.50. The Balaban J connectivity index is 1.85. The van der Waals surface area contributed by atoms with Crippen LogP contribution in [0.2, 0.25) is 0 Å². The van der Waals surface area contributed by atoms with E-state index in [9.17, 15) is 22.4 Å². The van der Waals surface area contributed by atoms with E-state index in [1.165, 1.54) is 29.4 Å². The van der Waals surface area contributed by atoms with Crippen LogP contribution in [0.1, 0.15) is 24.0 Å². The SMILES string of the molecule is CNC(=O)C(Cc1ccccc1)N(Cc1ccccc1F)C(=O)CCCN(c1cccc(OC)c1)S(C)(=O)=O. The van der Waals surface area contributed by atoms with Crippen molar-refractivity contribution in [1.29, 1.82) is 0 Å². The van der Waals surface area contributed by atoms with E-state index < -0.39 is 21.9 Å². The molecule has 3 aromatic rings. The first-order valence-corrected chi connectivity index (χ1v) is 14.4. The predicted octanol–water partition coefficient (Wildman–Crippen LogP) is 3.77. The fourth-order valence-corrected chi connectivity index (χ4v) is 5.26. The highest BCUT2D eigenvalue weighted by Gasteiger charge is 2.30. The lowest BCUT2D eigenvalue weighted by molar-refractivity contribution is -0.141. The number of nitrogens with zero attached hydrogens (tertiary/aromatic N) is 2. The van der Waals surface area contributed by atoms with Crippen LogP contribution >= 0.6 is 0 Å². The second kappa shape index (κ2) is 13.7. The van der Waals surface area contributed by atoms with Gasteiger partial charge < -0.3 is 15.0 Å². The Morgan fingerprint density at radius 3 is 2.33 bits per heavy atom. The van der Waals surface area contributed by atoms with Crippen molar-refractivity contribution in [3.05, 3.63) is 95.8 Å². The van der Waals surface area contributed by atoms with E-state index in [4.69, 9.17) is 4.74 Å². The van der Waals surface area contributed by atoms with Crippen LogP contribution in [0.4, 0.5) is 10.1 Å². The first-order valence-electron chi connectivity index (χ1n) is 12.5. The van der Waals surface area contributed by atoms with Crippen LogP contribution in [-0.4, -0.2) is 58.1 Å². The average molecular weight is 556 g/mol. The Morgan fingerprint density at radius 2 is 1.69 bits per heavy atom. The molecule has 0 aromatic heterocycles. The van der Waals surface area contributed by atoms with Crippen LogP contribution in [-0.2, 0) is 32.6 Å². The van der Waals surface area contributed by atoms with Gasteiger partial charge >= 0.3 is 0 Å². The zero-order valence-corrected chi connectivity index (χ0v) is 23.2. The van der Waals surface area contributed by atoms with Crippen LogP contribution in [0.15, 0.2) is 78.9 Å². The minimum absolute atomic E-state index is 0.0363. The number of benzene rings is 3. The van der Waals surface area contributed by atoms with Crippen molar-refractivity contribution in [3.8, 4) is 5.75 Å². The minimum Gasteiger partial charge on any atom is -0.497 e. The number of carbonyl (C=O) groups is 2. The number of rotatable bonds is 13. The van der Waals surface area contributed by atoms with Gasteiger partial charge in [-0.3, -0.25) is 13.9 Å². The third-order valence-electron chi connectivity index (χ3n) is 6.31. The summed E-state index contributed by atoms with van der Waals surface area (Å²) in [5, 5.41) is 2.62.